The van der Waals surface area contributed by atoms with Gasteiger partial charge in [-0.1, -0.05) is 24.6 Å². The minimum Gasteiger partial charge on any atom is -0.493 e. The minimum absolute atomic E-state index is 0.160. The van der Waals surface area contributed by atoms with E-state index in [0.29, 0.717) is 60.3 Å². The van der Waals surface area contributed by atoms with Gasteiger partial charge in [0, 0.05) is 23.9 Å². The maximum absolute atomic E-state index is 13.5. The molecule has 0 aliphatic heterocycles. The Morgan fingerprint density at radius 2 is 1.76 bits per heavy atom. The van der Waals surface area contributed by atoms with Crippen LogP contribution in [0.15, 0.2) is 54.6 Å². The van der Waals surface area contributed by atoms with Gasteiger partial charge in [-0.3, -0.25) is 4.79 Å². The number of esters is 1. The first-order chi connectivity index (χ1) is 17.8. The number of benzene rings is 3. The first-order valence-electron chi connectivity index (χ1n) is 12.6. The molecule has 0 spiro atoms. The van der Waals surface area contributed by atoms with E-state index in [9.17, 15) is 9.18 Å². The molecule has 0 radical (unpaired) electrons. The van der Waals surface area contributed by atoms with Gasteiger partial charge in [0.25, 0.3) is 0 Å². The van der Waals surface area contributed by atoms with Gasteiger partial charge >= 0.3 is 5.97 Å². The van der Waals surface area contributed by atoms with E-state index >= 15 is 0 Å². The van der Waals surface area contributed by atoms with E-state index in [1.54, 1.807) is 31.2 Å². The van der Waals surface area contributed by atoms with Crippen LogP contribution in [0.3, 0.4) is 0 Å². The molecule has 0 saturated heterocycles. The van der Waals surface area contributed by atoms with Crippen LogP contribution in [0.5, 0.6) is 23.0 Å². The van der Waals surface area contributed by atoms with Crippen molar-refractivity contribution in [1.29, 1.82) is 0 Å². The van der Waals surface area contributed by atoms with E-state index in [2.05, 4.69) is 6.92 Å². The third-order valence-electron chi connectivity index (χ3n) is 5.85. The molecule has 0 heterocycles. The Morgan fingerprint density at radius 1 is 0.973 bits per heavy atom. The number of rotatable bonds is 13. The molecule has 198 valence electrons. The van der Waals surface area contributed by atoms with E-state index in [0.717, 1.165) is 23.3 Å². The fourth-order valence-electron chi connectivity index (χ4n) is 3.86. The summed E-state index contributed by atoms with van der Waals surface area (Å²) in [5.41, 5.74) is 2.96. The number of hydrogen-bond acceptors (Lipinski definition) is 5. The molecule has 3 aromatic carbocycles. The highest BCUT2D eigenvalue weighted by Gasteiger charge is 2.14. The molecule has 5 nitrogen and oxygen atoms in total. The highest BCUT2D eigenvalue weighted by molar-refractivity contribution is 6.30. The molecular formula is C30H34ClFO5. The SMILES string of the molecule is CCOC(=O)CCc1ccc(OCC[C@H](C)Oc2ccc(Cl)cc2Oc2ccc(F)cc2C)cc1CC. The molecule has 0 aromatic heterocycles. The monoisotopic (exact) mass is 528 g/mol. The molecule has 1 atom stereocenters. The molecule has 0 aliphatic carbocycles. The van der Waals surface area contributed by atoms with E-state index in [1.807, 2.05) is 32.0 Å². The Bertz CT molecular complexity index is 1200. The van der Waals surface area contributed by atoms with Crippen LogP contribution >= 0.6 is 11.6 Å². The zero-order valence-electron chi connectivity index (χ0n) is 21.8. The van der Waals surface area contributed by atoms with Crippen molar-refractivity contribution in [3.8, 4) is 23.0 Å². The number of carbonyl (C=O) groups excluding carboxylic acids is 1. The van der Waals surface area contributed by atoms with E-state index in [1.165, 1.54) is 12.1 Å². The van der Waals surface area contributed by atoms with Crippen LogP contribution in [-0.2, 0) is 22.4 Å². The lowest BCUT2D eigenvalue weighted by Crippen LogP contribution is -2.16. The van der Waals surface area contributed by atoms with E-state index < -0.39 is 0 Å². The van der Waals surface area contributed by atoms with E-state index in [-0.39, 0.29) is 17.9 Å². The highest BCUT2D eigenvalue weighted by atomic mass is 35.5. The molecule has 0 bridgehead atoms. The van der Waals surface area contributed by atoms with Gasteiger partial charge in [-0.05, 0) is 92.8 Å². The van der Waals surface area contributed by atoms with Crippen LogP contribution in [-0.4, -0.2) is 25.3 Å². The van der Waals surface area contributed by atoms with Crippen molar-refractivity contribution in [3.05, 3.63) is 82.1 Å². The Morgan fingerprint density at radius 3 is 2.49 bits per heavy atom. The van der Waals surface area contributed by atoms with Gasteiger partial charge in [0.1, 0.15) is 17.3 Å². The second kappa shape index (κ2) is 13.9. The standard InChI is InChI=1S/C30H34ClFO5/c1-5-22-18-26(11-7-23(22)8-14-30(33)34-6-2)35-16-15-21(4)36-28-12-9-24(31)19-29(28)37-27-13-10-25(32)17-20(27)3/h7,9-13,17-19,21H,5-6,8,14-16H2,1-4H3/t21-/m0/s1. The number of aryl methyl sites for hydroxylation is 3. The molecule has 0 fully saturated rings. The third kappa shape index (κ3) is 8.67. The Labute approximate surface area is 223 Å². The van der Waals surface area contributed by atoms with E-state index in [4.69, 9.17) is 30.5 Å². The number of halogens is 2. The van der Waals surface area contributed by atoms with Crippen LogP contribution in [0.4, 0.5) is 4.39 Å². The van der Waals surface area contributed by atoms with Crippen LogP contribution in [0, 0.1) is 12.7 Å². The van der Waals surface area contributed by atoms with Gasteiger partial charge in [-0.15, -0.1) is 0 Å². The summed E-state index contributed by atoms with van der Waals surface area (Å²) in [6, 6.07) is 15.5. The first kappa shape index (κ1) is 28.3. The zero-order valence-corrected chi connectivity index (χ0v) is 22.6. The molecule has 0 saturated carbocycles. The van der Waals surface area contributed by atoms with Crippen molar-refractivity contribution in [3.63, 3.8) is 0 Å². The average Bonchev–Trinajstić information content (AvgIpc) is 2.86. The van der Waals surface area contributed by atoms with Crippen molar-refractivity contribution in [1.82, 2.24) is 0 Å². The predicted molar refractivity (Wildman–Crippen MR) is 144 cm³/mol. The van der Waals surface area contributed by atoms with Crippen molar-refractivity contribution < 1.29 is 28.1 Å². The number of hydrogen-bond donors (Lipinski definition) is 0. The molecule has 0 N–H and O–H groups in total. The lowest BCUT2D eigenvalue weighted by atomic mass is 10.0. The van der Waals surface area contributed by atoms with Gasteiger partial charge in [0.2, 0.25) is 0 Å². The molecule has 37 heavy (non-hydrogen) atoms. The predicted octanol–water partition coefficient (Wildman–Crippen LogP) is 7.87. The van der Waals surface area contributed by atoms with Crippen molar-refractivity contribution in [2.45, 2.75) is 59.5 Å². The van der Waals surface area contributed by atoms with Crippen LogP contribution in [0.1, 0.15) is 50.3 Å². The fraction of sp³-hybridized carbons (Fsp3) is 0.367. The second-order valence-electron chi connectivity index (χ2n) is 8.76. The van der Waals surface area contributed by atoms with Crippen molar-refractivity contribution in [2.75, 3.05) is 13.2 Å². The van der Waals surface area contributed by atoms with Crippen molar-refractivity contribution in [2.24, 2.45) is 0 Å². The van der Waals surface area contributed by atoms with Gasteiger partial charge in [0.05, 0.1) is 19.3 Å². The molecule has 0 amide bonds. The van der Waals surface area contributed by atoms with Gasteiger partial charge < -0.3 is 18.9 Å². The van der Waals surface area contributed by atoms with Crippen LogP contribution < -0.4 is 14.2 Å². The smallest absolute Gasteiger partial charge is 0.306 e. The topological polar surface area (TPSA) is 54.0 Å². The maximum atomic E-state index is 13.5. The molecule has 7 heteroatoms. The second-order valence-corrected chi connectivity index (χ2v) is 9.19. The molecule has 3 aromatic rings. The minimum atomic E-state index is -0.321. The summed E-state index contributed by atoms with van der Waals surface area (Å²) in [5, 5.41) is 0.510. The summed E-state index contributed by atoms with van der Waals surface area (Å²) in [5.74, 6) is 1.81. The Kier molecular flexibility index (Phi) is 10.6. The summed E-state index contributed by atoms with van der Waals surface area (Å²) in [6.45, 7) is 8.50. The number of ether oxygens (including phenoxy) is 4. The van der Waals surface area contributed by atoms with Crippen LogP contribution in [0.2, 0.25) is 5.02 Å². The summed E-state index contributed by atoms with van der Waals surface area (Å²) in [4.78, 5) is 11.7. The van der Waals surface area contributed by atoms with Crippen molar-refractivity contribution >= 4 is 17.6 Å². The normalized spacial score (nSPS) is 11.6. The maximum Gasteiger partial charge on any atom is 0.306 e. The largest absolute Gasteiger partial charge is 0.493 e. The first-order valence-corrected chi connectivity index (χ1v) is 13.0. The lowest BCUT2D eigenvalue weighted by Gasteiger charge is -2.19. The van der Waals surface area contributed by atoms with Crippen LogP contribution in [0.25, 0.3) is 0 Å². The summed E-state index contributed by atoms with van der Waals surface area (Å²) in [7, 11) is 0. The Hall–Kier alpha value is -3.25. The highest BCUT2D eigenvalue weighted by Crippen LogP contribution is 2.36. The lowest BCUT2D eigenvalue weighted by molar-refractivity contribution is -0.143. The molecular weight excluding hydrogens is 495 g/mol. The summed E-state index contributed by atoms with van der Waals surface area (Å²) in [6.07, 6.45) is 2.35. The quantitative estimate of drug-likeness (QED) is 0.211. The third-order valence-corrected chi connectivity index (χ3v) is 6.08. The summed E-state index contributed by atoms with van der Waals surface area (Å²) < 4.78 is 36.6. The molecule has 0 unspecified atom stereocenters. The summed E-state index contributed by atoms with van der Waals surface area (Å²) >= 11 is 6.18. The van der Waals surface area contributed by atoms with Gasteiger partial charge in [-0.25, -0.2) is 4.39 Å². The molecule has 3 rings (SSSR count). The number of carbonyl (C=O) groups is 1. The Balaban J connectivity index is 1.56. The van der Waals surface area contributed by atoms with Gasteiger partial charge in [0.15, 0.2) is 11.5 Å². The molecule has 0 aliphatic rings. The van der Waals surface area contributed by atoms with Gasteiger partial charge in [-0.2, -0.15) is 0 Å². The fourth-order valence-corrected chi connectivity index (χ4v) is 4.02. The zero-order chi connectivity index (χ0) is 26.8. The average molecular weight is 529 g/mol.